The van der Waals surface area contributed by atoms with Crippen LogP contribution in [-0.2, 0) is 16.6 Å². The minimum atomic E-state index is -4.30. The summed E-state index contributed by atoms with van der Waals surface area (Å²) in [6, 6.07) is 4.01. The lowest BCUT2D eigenvalue weighted by Crippen LogP contribution is -2.33. The molecule has 192 valence electrons. The van der Waals surface area contributed by atoms with Crippen LogP contribution in [0.25, 0.3) is 17.2 Å². The Bertz CT molecular complexity index is 1570. The molecule has 1 unspecified atom stereocenters. The van der Waals surface area contributed by atoms with Crippen molar-refractivity contribution in [3.63, 3.8) is 0 Å². The van der Waals surface area contributed by atoms with Crippen molar-refractivity contribution in [3.05, 3.63) is 57.9 Å². The fraction of sp³-hybridized carbons (Fsp3) is 0.304. The van der Waals surface area contributed by atoms with Crippen LogP contribution in [0.15, 0.2) is 24.4 Å². The van der Waals surface area contributed by atoms with E-state index in [1.54, 1.807) is 13.8 Å². The Morgan fingerprint density at radius 3 is 2.65 bits per heavy atom. The number of hydrogen-bond donors (Lipinski definition) is 2. The maximum atomic E-state index is 14.2. The first-order chi connectivity index (χ1) is 17.4. The number of nitrogens with two attached hydrogens (primary N) is 1. The van der Waals surface area contributed by atoms with Crippen LogP contribution in [0.5, 0.6) is 0 Å². The highest BCUT2D eigenvalue weighted by molar-refractivity contribution is 6.30. The summed E-state index contributed by atoms with van der Waals surface area (Å²) < 4.78 is 53.7. The third-order valence-electron chi connectivity index (χ3n) is 6.22. The number of aromatic nitrogens is 6. The van der Waals surface area contributed by atoms with Gasteiger partial charge in [-0.15, -0.1) is 0 Å². The van der Waals surface area contributed by atoms with Crippen molar-refractivity contribution in [3.8, 4) is 11.5 Å². The van der Waals surface area contributed by atoms with E-state index in [9.17, 15) is 22.4 Å². The van der Waals surface area contributed by atoms with Crippen LogP contribution in [-0.4, -0.2) is 41.6 Å². The number of fused-ring (bicyclic) bond motifs is 2. The van der Waals surface area contributed by atoms with Crippen LogP contribution in [0.3, 0.4) is 0 Å². The Hall–Kier alpha value is -3.87. The van der Waals surface area contributed by atoms with Gasteiger partial charge in [0, 0.05) is 6.42 Å². The van der Waals surface area contributed by atoms with Gasteiger partial charge < -0.3 is 11.1 Å². The lowest BCUT2D eigenvalue weighted by Gasteiger charge is -2.23. The number of nitrogens with zero attached hydrogens (tertiary/aromatic N) is 6. The highest BCUT2D eigenvalue weighted by Crippen LogP contribution is 2.45. The SMILES string of the molecule is Cc1nc2c(CCCC(F)(F)F)nc(-c3nc(N)c4c(n3)NC(=O)C4(C)c3ccc(Cl)c(F)c3)cn2n1. The molecule has 1 atom stereocenters. The predicted molar refractivity (Wildman–Crippen MR) is 126 cm³/mol. The first-order valence-corrected chi connectivity index (χ1v) is 11.5. The van der Waals surface area contributed by atoms with Gasteiger partial charge in [0.15, 0.2) is 11.5 Å². The summed E-state index contributed by atoms with van der Waals surface area (Å²) in [5, 5.41) is 6.81. The molecule has 1 aromatic carbocycles. The molecule has 14 heteroatoms. The summed E-state index contributed by atoms with van der Waals surface area (Å²) in [4.78, 5) is 30.5. The average molecular weight is 535 g/mol. The molecule has 9 nitrogen and oxygen atoms in total. The van der Waals surface area contributed by atoms with E-state index in [2.05, 4.69) is 30.4 Å². The quantitative estimate of drug-likeness (QED) is 0.363. The number of nitrogens with one attached hydrogen (secondary N) is 1. The zero-order chi connectivity index (χ0) is 26.7. The van der Waals surface area contributed by atoms with Crippen LogP contribution in [0.1, 0.15) is 42.4 Å². The molecule has 0 fully saturated rings. The second kappa shape index (κ2) is 8.61. The van der Waals surface area contributed by atoms with Crippen molar-refractivity contribution in [2.24, 2.45) is 0 Å². The molecule has 4 aromatic rings. The predicted octanol–water partition coefficient (Wildman–Crippen LogP) is 4.41. The number of aryl methyl sites for hydroxylation is 2. The molecule has 1 amide bonds. The largest absolute Gasteiger partial charge is 0.389 e. The molecule has 37 heavy (non-hydrogen) atoms. The Kier molecular flexibility index (Phi) is 5.77. The van der Waals surface area contributed by atoms with E-state index in [0.717, 1.165) is 6.07 Å². The van der Waals surface area contributed by atoms with Gasteiger partial charge in [0.25, 0.3) is 0 Å². The van der Waals surface area contributed by atoms with E-state index in [1.165, 1.54) is 22.8 Å². The van der Waals surface area contributed by atoms with Crippen LogP contribution >= 0.6 is 11.6 Å². The number of nitrogen functional groups attached to an aromatic ring is 1. The van der Waals surface area contributed by atoms with Crippen LogP contribution in [0, 0.1) is 12.7 Å². The third-order valence-corrected chi connectivity index (χ3v) is 6.52. The Morgan fingerprint density at radius 2 is 1.95 bits per heavy atom. The number of hydrogen-bond acceptors (Lipinski definition) is 7. The Labute approximate surface area is 212 Å². The minimum absolute atomic E-state index is 0.00760. The number of amides is 1. The fourth-order valence-electron chi connectivity index (χ4n) is 4.39. The Morgan fingerprint density at radius 1 is 1.19 bits per heavy atom. The molecule has 0 spiro atoms. The van der Waals surface area contributed by atoms with Gasteiger partial charge in [0.05, 0.1) is 22.5 Å². The molecular formula is C23H19ClF4N8O. The molecule has 3 aromatic heterocycles. The monoisotopic (exact) mass is 534 g/mol. The van der Waals surface area contributed by atoms with Crippen LogP contribution < -0.4 is 11.1 Å². The second-order valence-corrected chi connectivity index (χ2v) is 9.24. The topological polar surface area (TPSA) is 124 Å². The average Bonchev–Trinajstić information content (AvgIpc) is 3.31. The minimum Gasteiger partial charge on any atom is -0.383 e. The fourth-order valence-corrected chi connectivity index (χ4v) is 4.51. The number of anilines is 2. The van der Waals surface area contributed by atoms with Gasteiger partial charge in [-0.25, -0.2) is 28.8 Å². The summed E-state index contributed by atoms with van der Waals surface area (Å²) >= 11 is 5.80. The van der Waals surface area contributed by atoms with Crippen molar-refractivity contribution in [1.82, 2.24) is 29.5 Å². The molecule has 0 saturated carbocycles. The van der Waals surface area contributed by atoms with Gasteiger partial charge in [-0.3, -0.25) is 4.79 Å². The number of carbonyl (C=O) groups excluding carboxylic acids is 1. The van der Waals surface area contributed by atoms with Crippen LogP contribution in [0.4, 0.5) is 29.2 Å². The van der Waals surface area contributed by atoms with Crippen molar-refractivity contribution < 1.29 is 22.4 Å². The number of carbonyl (C=O) groups is 1. The molecule has 0 radical (unpaired) electrons. The van der Waals surface area contributed by atoms with E-state index < -0.39 is 29.7 Å². The molecule has 0 aliphatic carbocycles. The highest BCUT2D eigenvalue weighted by Gasteiger charge is 2.48. The van der Waals surface area contributed by atoms with E-state index in [0.29, 0.717) is 17.0 Å². The van der Waals surface area contributed by atoms with Crippen molar-refractivity contribution in [1.29, 1.82) is 0 Å². The van der Waals surface area contributed by atoms with Crippen molar-refractivity contribution in [2.45, 2.75) is 44.7 Å². The summed E-state index contributed by atoms with van der Waals surface area (Å²) in [6.45, 7) is 3.21. The number of rotatable bonds is 5. The van der Waals surface area contributed by atoms with Gasteiger partial charge in [-0.05, 0) is 44.4 Å². The standard InChI is InChI=1S/C23H19ClF4N8O/c1-10-30-20-14(4-3-7-23(26,27)28)31-15(9-36(20)35-10)18-32-17(29)16-19(33-18)34-21(37)22(16,2)11-5-6-12(24)13(25)8-11/h5-6,8-9H,3-4,7H2,1-2H3,(H3,29,32,33,34,37). The molecule has 0 bridgehead atoms. The van der Waals surface area contributed by atoms with E-state index >= 15 is 0 Å². The molecule has 5 rings (SSSR count). The molecule has 4 heterocycles. The zero-order valence-corrected chi connectivity index (χ0v) is 20.2. The lowest BCUT2D eigenvalue weighted by atomic mass is 9.77. The van der Waals surface area contributed by atoms with Gasteiger partial charge in [-0.2, -0.15) is 18.3 Å². The molecular weight excluding hydrogens is 516 g/mol. The van der Waals surface area contributed by atoms with E-state index in [1.807, 2.05) is 0 Å². The molecule has 0 saturated heterocycles. The third kappa shape index (κ3) is 4.32. The maximum Gasteiger partial charge on any atom is 0.389 e. The summed E-state index contributed by atoms with van der Waals surface area (Å²) in [7, 11) is 0. The summed E-state index contributed by atoms with van der Waals surface area (Å²) in [5.41, 5.74) is 6.23. The smallest absolute Gasteiger partial charge is 0.383 e. The molecule has 1 aliphatic heterocycles. The highest BCUT2D eigenvalue weighted by atomic mass is 35.5. The number of benzene rings is 1. The normalized spacial score (nSPS) is 17.3. The van der Waals surface area contributed by atoms with Crippen LogP contribution in [0.2, 0.25) is 5.02 Å². The molecule has 3 N–H and O–H groups in total. The van der Waals surface area contributed by atoms with Crippen molar-refractivity contribution >= 4 is 34.8 Å². The summed E-state index contributed by atoms with van der Waals surface area (Å²) in [5.74, 6) is -0.701. The van der Waals surface area contributed by atoms with Gasteiger partial charge in [-0.1, -0.05) is 17.7 Å². The lowest BCUT2D eigenvalue weighted by molar-refractivity contribution is -0.135. The number of alkyl halides is 3. The first kappa shape index (κ1) is 24.8. The zero-order valence-electron chi connectivity index (χ0n) is 19.5. The second-order valence-electron chi connectivity index (χ2n) is 8.83. The van der Waals surface area contributed by atoms with Gasteiger partial charge >= 0.3 is 6.18 Å². The maximum absolute atomic E-state index is 14.2. The van der Waals surface area contributed by atoms with Crippen molar-refractivity contribution in [2.75, 3.05) is 11.1 Å². The molecule has 1 aliphatic rings. The van der Waals surface area contributed by atoms with Gasteiger partial charge in [0.1, 0.15) is 34.4 Å². The van der Waals surface area contributed by atoms with E-state index in [-0.39, 0.29) is 52.3 Å². The Balaban J connectivity index is 1.58. The first-order valence-electron chi connectivity index (χ1n) is 11.1. The summed E-state index contributed by atoms with van der Waals surface area (Å²) in [6.07, 6.45) is -4.00. The van der Waals surface area contributed by atoms with Gasteiger partial charge in [0.2, 0.25) is 5.91 Å². The van der Waals surface area contributed by atoms with E-state index in [4.69, 9.17) is 17.3 Å². The number of halogens is 5.